The molecule has 0 unspecified atom stereocenters. The van der Waals surface area contributed by atoms with Gasteiger partial charge in [0.1, 0.15) is 5.75 Å². The Morgan fingerprint density at radius 1 is 1.67 bits per heavy atom. The number of carboxylic acid groups (broad SMARTS) is 1. The Morgan fingerprint density at radius 2 is 2.44 bits per heavy atom. The summed E-state index contributed by atoms with van der Waals surface area (Å²) in [5, 5.41) is 18.6. The Bertz CT molecular complexity index is 566. The molecule has 0 saturated carbocycles. The zero-order chi connectivity index (χ0) is 13.1. The number of aromatic nitrogens is 3. The summed E-state index contributed by atoms with van der Waals surface area (Å²) in [6.07, 6.45) is 0. The SMILES string of the molecule is COc1csc(-c2nnc(SCC(=O)O)n2N)c1. The standard InChI is InChI=1S/C9H10N4O3S2/c1-16-5-2-6(17-3-5)8-11-12-9(13(8)10)18-4-7(14)15/h2-3H,4,10H2,1H3,(H,14,15). The molecule has 0 aliphatic carbocycles. The highest BCUT2D eigenvalue weighted by Gasteiger charge is 2.15. The predicted octanol–water partition coefficient (Wildman–Crippen LogP) is 0.906. The number of carbonyl (C=O) groups is 1. The van der Waals surface area contributed by atoms with E-state index in [9.17, 15) is 4.79 Å². The van der Waals surface area contributed by atoms with Gasteiger partial charge in [-0.2, -0.15) is 0 Å². The molecule has 0 amide bonds. The van der Waals surface area contributed by atoms with E-state index in [0.29, 0.717) is 11.0 Å². The van der Waals surface area contributed by atoms with E-state index in [1.165, 1.54) is 16.0 Å². The lowest BCUT2D eigenvalue weighted by molar-refractivity contribution is -0.133. The zero-order valence-corrected chi connectivity index (χ0v) is 11.0. The Labute approximate surface area is 111 Å². The maximum atomic E-state index is 10.5. The highest BCUT2D eigenvalue weighted by molar-refractivity contribution is 7.99. The number of nitrogen functional groups attached to an aromatic ring is 1. The molecule has 2 aromatic rings. The highest BCUT2D eigenvalue weighted by atomic mass is 32.2. The van der Waals surface area contributed by atoms with E-state index in [-0.39, 0.29) is 5.75 Å². The molecule has 3 N–H and O–H groups in total. The van der Waals surface area contributed by atoms with Gasteiger partial charge >= 0.3 is 5.97 Å². The van der Waals surface area contributed by atoms with Gasteiger partial charge < -0.3 is 15.7 Å². The van der Waals surface area contributed by atoms with Gasteiger partial charge in [0.05, 0.1) is 17.7 Å². The fourth-order valence-electron chi connectivity index (χ4n) is 1.21. The van der Waals surface area contributed by atoms with E-state index in [4.69, 9.17) is 15.7 Å². The molecule has 18 heavy (non-hydrogen) atoms. The van der Waals surface area contributed by atoms with Gasteiger partial charge in [0.15, 0.2) is 5.82 Å². The Morgan fingerprint density at radius 3 is 3.06 bits per heavy atom. The lowest BCUT2D eigenvalue weighted by Gasteiger charge is -2.00. The maximum Gasteiger partial charge on any atom is 0.313 e. The summed E-state index contributed by atoms with van der Waals surface area (Å²) in [5.74, 6) is 5.98. The number of hydrogen-bond acceptors (Lipinski definition) is 7. The van der Waals surface area contributed by atoms with E-state index in [0.717, 1.165) is 22.4 Å². The first-order valence-corrected chi connectivity index (χ1v) is 6.66. The Kier molecular flexibility index (Phi) is 3.72. The molecular weight excluding hydrogens is 276 g/mol. The molecule has 0 saturated heterocycles. The van der Waals surface area contributed by atoms with Crippen molar-refractivity contribution in [3.8, 4) is 16.5 Å². The van der Waals surface area contributed by atoms with Crippen LogP contribution in [0.2, 0.25) is 0 Å². The van der Waals surface area contributed by atoms with Gasteiger partial charge in [-0.15, -0.1) is 21.5 Å². The van der Waals surface area contributed by atoms with Crippen LogP contribution >= 0.6 is 23.1 Å². The number of hydrogen-bond donors (Lipinski definition) is 2. The summed E-state index contributed by atoms with van der Waals surface area (Å²) >= 11 is 2.45. The second-order valence-corrected chi connectivity index (χ2v) is 5.06. The molecule has 2 heterocycles. The third kappa shape index (κ3) is 2.57. The molecule has 0 bridgehead atoms. The molecule has 0 atom stereocenters. The van der Waals surface area contributed by atoms with Crippen LogP contribution in [0.3, 0.4) is 0 Å². The molecule has 9 heteroatoms. The molecule has 0 fully saturated rings. The largest absolute Gasteiger partial charge is 0.496 e. The van der Waals surface area contributed by atoms with Crippen molar-refractivity contribution in [1.29, 1.82) is 0 Å². The van der Waals surface area contributed by atoms with Gasteiger partial charge in [-0.05, 0) is 0 Å². The first-order chi connectivity index (χ1) is 8.61. The Hall–Kier alpha value is -1.74. The van der Waals surface area contributed by atoms with Crippen molar-refractivity contribution >= 4 is 29.1 Å². The maximum absolute atomic E-state index is 10.5. The highest BCUT2D eigenvalue weighted by Crippen LogP contribution is 2.30. The van der Waals surface area contributed by atoms with Crippen LogP contribution in [-0.4, -0.2) is 38.8 Å². The van der Waals surface area contributed by atoms with Crippen molar-refractivity contribution < 1.29 is 14.6 Å². The van der Waals surface area contributed by atoms with Crippen LogP contribution in [0.15, 0.2) is 16.6 Å². The number of carboxylic acids is 1. The lowest BCUT2D eigenvalue weighted by Crippen LogP contribution is -2.12. The van der Waals surface area contributed by atoms with Crippen LogP contribution < -0.4 is 10.6 Å². The van der Waals surface area contributed by atoms with Gasteiger partial charge in [-0.3, -0.25) is 4.79 Å². The molecule has 0 radical (unpaired) electrons. The molecule has 2 aromatic heterocycles. The average Bonchev–Trinajstić information content (AvgIpc) is 2.93. The third-order valence-corrected chi connectivity index (χ3v) is 3.85. The van der Waals surface area contributed by atoms with Crippen molar-refractivity contribution in [1.82, 2.24) is 14.9 Å². The predicted molar refractivity (Wildman–Crippen MR) is 68.4 cm³/mol. The molecule has 2 rings (SSSR count). The smallest absolute Gasteiger partial charge is 0.313 e. The van der Waals surface area contributed by atoms with Crippen LogP contribution in [0.1, 0.15) is 0 Å². The van der Waals surface area contributed by atoms with Gasteiger partial charge in [0, 0.05) is 11.4 Å². The van der Waals surface area contributed by atoms with E-state index in [1.54, 1.807) is 13.2 Å². The minimum atomic E-state index is -0.928. The van der Waals surface area contributed by atoms with E-state index >= 15 is 0 Å². The molecular formula is C9H10N4O3S2. The fourth-order valence-corrected chi connectivity index (χ4v) is 2.63. The van der Waals surface area contributed by atoms with Gasteiger partial charge in [-0.25, -0.2) is 4.68 Å². The Balaban J connectivity index is 2.22. The fraction of sp³-hybridized carbons (Fsp3) is 0.222. The number of thioether (sulfide) groups is 1. The van der Waals surface area contributed by atoms with Gasteiger partial charge in [0.2, 0.25) is 5.16 Å². The molecule has 96 valence electrons. The first kappa shape index (κ1) is 12.7. The molecule has 7 nitrogen and oxygen atoms in total. The second-order valence-electron chi connectivity index (χ2n) is 3.21. The van der Waals surface area contributed by atoms with Crippen LogP contribution in [0.4, 0.5) is 0 Å². The number of methoxy groups -OCH3 is 1. The summed E-state index contributed by atoms with van der Waals surface area (Å²) in [4.78, 5) is 11.3. The number of rotatable bonds is 5. The average molecular weight is 286 g/mol. The molecule has 0 aliphatic heterocycles. The van der Waals surface area contributed by atoms with Crippen LogP contribution in [0, 0.1) is 0 Å². The summed E-state index contributed by atoms with van der Waals surface area (Å²) < 4.78 is 6.35. The summed E-state index contributed by atoms with van der Waals surface area (Å²) in [6.45, 7) is 0. The minimum Gasteiger partial charge on any atom is -0.496 e. The number of aliphatic carboxylic acids is 1. The van der Waals surface area contributed by atoms with Gasteiger partial charge in [-0.1, -0.05) is 11.8 Å². The van der Waals surface area contributed by atoms with E-state index in [1.807, 2.05) is 5.38 Å². The molecule has 0 aliphatic rings. The molecule has 0 spiro atoms. The van der Waals surface area contributed by atoms with Crippen molar-refractivity contribution in [3.05, 3.63) is 11.4 Å². The number of ether oxygens (including phenoxy) is 1. The quantitative estimate of drug-likeness (QED) is 0.621. The van der Waals surface area contributed by atoms with E-state index < -0.39 is 5.97 Å². The minimum absolute atomic E-state index is 0.108. The second kappa shape index (κ2) is 5.27. The number of thiophene rings is 1. The molecule has 0 aromatic carbocycles. The topological polar surface area (TPSA) is 103 Å². The zero-order valence-electron chi connectivity index (χ0n) is 9.36. The van der Waals surface area contributed by atoms with Crippen molar-refractivity contribution in [3.63, 3.8) is 0 Å². The van der Waals surface area contributed by atoms with Crippen LogP contribution in [-0.2, 0) is 4.79 Å². The normalized spacial score (nSPS) is 10.5. The number of nitrogens with two attached hydrogens (primary N) is 1. The van der Waals surface area contributed by atoms with E-state index in [2.05, 4.69) is 10.2 Å². The summed E-state index contributed by atoms with van der Waals surface area (Å²) in [5.41, 5.74) is 0. The van der Waals surface area contributed by atoms with Crippen LogP contribution in [0.5, 0.6) is 5.75 Å². The van der Waals surface area contributed by atoms with Crippen LogP contribution in [0.25, 0.3) is 10.7 Å². The lowest BCUT2D eigenvalue weighted by atomic mass is 10.4. The van der Waals surface area contributed by atoms with Gasteiger partial charge in [0.25, 0.3) is 0 Å². The number of nitrogens with zero attached hydrogens (tertiary/aromatic N) is 3. The third-order valence-electron chi connectivity index (χ3n) is 2.02. The summed E-state index contributed by atoms with van der Waals surface area (Å²) in [6, 6.07) is 1.80. The monoisotopic (exact) mass is 286 g/mol. The first-order valence-electron chi connectivity index (χ1n) is 4.79. The van der Waals surface area contributed by atoms with Crippen molar-refractivity contribution in [2.45, 2.75) is 5.16 Å². The summed E-state index contributed by atoms with van der Waals surface area (Å²) in [7, 11) is 1.58. The van der Waals surface area contributed by atoms with Crippen molar-refractivity contribution in [2.75, 3.05) is 18.7 Å². The van der Waals surface area contributed by atoms with Crippen molar-refractivity contribution in [2.24, 2.45) is 0 Å².